The maximum atomic E-state index is 12.8. The normalized spacial score (nSPS) is 12.7. The second kappa shape index (κ2) is 14.6. The van der Waals surface area contributed by atoms with Gasteiger partial charge < -0.3 is 25.8 Å². The Bertz CT molecular complexity index is 841. The van der Waals surface area contributed by atoms with E-state index >= 15 is 0 Å². The van der Waals surface area contributed by atoms with Crippen molar-refractivity contribution in [1.82, 2.24) is 0 Å². The Kier molecular flexibility index (Phi) is 12.6. The summed E-state index contributed by atoms with van der Waals surface area (Å²) in [7, 11) is 1.16. The second-order valence-electron chi connectivity index (χ2n) is 6.37. The van der Waals surface area contributed by atoms with Crippen molar-refractivity contribution in [3.63, 3.8) is 0 Å². The molecule has 1 aliphatic heterocycles. The monoisotopic (exact) mass is 625 g/mol. The first-order valence-electron chi connectivity index (χ1n) is 9.33. The maximum absolute atomic E-state index is 12.8. The van der Waals surface area contributed by atoms with Crippen LogP contribution in [0.15, 0.2) is 42.5 Å². The van der Waals surface area contributed by atoms with E-state index in [4.69, 9.17) is 20.9 Å². The second-order valence-corrected chi connectivity index (χ2v) is 6.80. The number of halogens is 1. The number of carbonyl (C=O) groups excluding carboxylic acids is 2. The van der Waals surface area contributed by atoms with Gasteiger partial charge in [0.2, 0.25) is 12.0 Å². The van der Waals surface area contributed by atoms with Crippen LogP contribution in [0.25, 0.3) is 5.73 Å². The molecule has 2 amide bonds. The predicted octanol–water partition coefficient (Wildman–Crippen LogP) is 3.97. The van der Waals surface area contributed by atoms with Gasteiger partial charge in [0.1, 0.15) is 6.04 Å². The Morgan fingerprint density at radius 2 is 1.97 bits per heavy atom. The molecule has 0 aliphatic carbocycles. The van der Waals surface area contributed by atoms with E-state index in [1.807, 2.05) is 18.2 Å². The third-order valence-electron chi connectivity index (χ3n) is 4.45. The molecule has 0 fully saturated rings. The number of aliphatic hydroxyl groups is 1. The number of ether oxygens (including phenoxy) is 1. The first kappa shape index (κ1) is 26.7. The van der Waals surface area contributed by atoms with Gasteiger partial charge in [-0.15, -0.1) is 12.1 Å². The molecule has 0 aromatic heterocycles. The predicted molar refractivity (Wildman–Crippen MR) is 114 cm³/mol. The summed E-state index contributed by atoms with van der Waals surface area (Å²) in [5, 5.41) is 13.1. The summed E-state index contributed by atoms with van der Waals surface area (Å²) < 4.78 is 12.1. The molecule has 3 N–H and O–H groups in total. The van der Waals surface area contributed by atoms with E-state index in [-0.39, 0.29) is 12.5 Å². The van der Waals surface area contributed by atoms with Gasteiger partial charge in [0, 0.05) is 23.9 Å². The van der Waals surface area contributed by atoms with Crippen LogP contribution in [-0.4, -0.2) is 43.4 Å². The number of anilines is 2. The molecule has 0 saturated carbocycles. The molecule has 1 heterocycles. The van der Waals surface area contributed by atoms with Gasteiger partial charge in [-0.25, -0.2) is 0 Å². The van der Waals surface area contributed by atoms with E-state index in [9.17, 15) is 14.7 Å². The van der Waals surface area contributed by atoms with Crippen LogP contribution in [0.1, 0.15) is 18.4 Å². The summed E-state index contributed by atoms with van der Waals surface area (Å²) >= 11 is 6.71. The van der Waals surface area contributed by atoms with Crippen LogP contribution in [-0.2, 0) is 38.0 Å². The van der Waals surface area contributed by atoms with E-state index < -0.39 is 12.1 Å². The first-order valence-corrected chi connectivity index (χ1v) is 10.7. The number of methoxy groups -OCH3 is 1. The van der Waals surface area contributed by atoms with Crippen molar-refractivity contribution in [2.75, 3.05) is 30.5 Å². The minimum atomic E-state index is -0.995. The molecule has 8 nitrogen and oxygen atoms in total. The van der Waals surface area contributed by atoms with Crippen LogP contribution in [0.4, 0.5) is 16.2 Å². The summed E-state index contributed by atoms with van der Waals surface area (Å²) in [6.45, 7) is 0.745. The Hall–Kier alpha value is -2.33. The summed E-state index contributed by atoms with van der Waals surface area (Å²) in [4.78, 5) is 24.1. The van der Waals surface area contributed by atoms with Gasteiger partial charge in [0.15, 0.2) is 0 Å². The fourth-order valence-electron chi connectivity index (χ4n) is 3.17. The van der Waals surface area contributed by atoms with Gasteiger partial charge >= 0.3 is 22.1 Å². The number of aliphatic hydroxyl groups excluding tert-OH is 1. The van der Waals surface area contributed by atoms with Gasteiger partial charge in [-0.3, -0.25) is 9.59 Å². The number of fused-ring (bicyclic) bond motifs is 1. The molecule has 2 aromatic carbocycles. The van der Waals surface area contributed by atoms with Gasteiger partial charge in [0.25, 0.3) is 0 Å². The van der Waals surface area contributed by atoms with E-state index in [0.29, 0.717) is 30.0 Å². The Balaban J connectivity index is 0.000000605. The van der Waals surface area contributed by atoms with E-state index in [1.54, 1.807) is 24.3 Å². The Morgan fingerprint density at radius 3 is 2.55 bits per heavy atom. The average molecular weight is 624 g/mol. The number of amides is 2. The molecule has 31 heavy (non-hydrogen) atoms. The number of rotatable bonds is 5. The zero-order chi connectivity index (χ0) is 23.2. The van der Waals surface area contributed by atoms with Gasteiger partial charge in [-0.05, 0) is 43.0 Å². The van der Waals surface area contributed by atoms with Crippen molar-refractivity contribution in [3.05, 3.63) is 64.9 Å². The quantitative estimate of drug-likeness (QED) is 0.487. The Labute approximate surface area is 196 Å². The van der Waals surface area contributed by atoms with Crippen molar-refractivity contribution >= 4 is 35.0 Å². The van der Waals surface area contributed by atoms with Crippen LogP contribution < -0.4 is 10.2 Å². The van der Waals surface area contributed by atoms with Crippen molar-refractivity contribution < 1.29 is 41.5 Å². The summed E-state index contributed by atoms with van der Waals surface area (Å²) in [5.74, 6) is -0.113. The van der Waals surface area contributed by atoms with Crippen LogP contribution in [0.2, 0.25) is 5.02 Å². The number of nitrogens with zero attached hydrogens (tertiary/aromatic N) is 1. The molecular formula is C21H24ClN3O5Os-2. The third kappa shape index (κ3) is 8.74. The molecule has 10 heteroatoms. The zero-order valence-electron chi connectivity index (χ0n) is 16.9. The van der Waals surface area contributed by atoms with Crippen molar-refractivity contribution in [2.24, 2.45) is 0 Å². The molecule has 1 aliphatic rings. The molecule has 0 saturated heterocycles. The topological polar surface area (TPSA) is 120 Å². The molecule has 3 rings (SSSR count). The summed E-state index contributed by atoms with van der Waals surface area (Å²) in [6.07, 6.45) is 1.30. The minimum absolute atomic E-state index is 0.0416. The SMILES string of the molecule is COC([NH-])=O.O=C(Nc1cc[c-]cc1)[C@H](CCO)N1CCCc2cc(Cl)ccc21.[O]=[Os]. The Morgan fingerprint density at radius 1 is 1.32 bits per heavy atom. The number of carbonyl (C=O) groups is 2. The van der Waals surface area contributed by atoms with Crippen molar-refractivity contribution in [1.29, 1.82) is 0 Å². The molecule has 170 valence electrons. The van der Waals surface area contributed by atoms with E-state index in [0.717, 1.165) is 43.4 Å². The number of nitrogens with one attached hydrogen (secondary N) is 2. The molecule has 1 atom stereocenters. The van der Waals surface area contributed by atoms with E-state index in [1.165, 1.54) is 0 Å². The molecule has 0 unspecified atom stereocenters. The summed E-state index contributed by atoms with van der Waals surface area (Å²) in [5.41, 5.74) is 8.88. The molecule has 2 aromatic rings. The van der Waals surface area contributed by atoms with Crippen molar-refractivity contribution in [2.45, 2.75) is 25.3 Å². The van der Waals surface area contributed by atoms with Crippen molar-refractivity contribution in [3.8, 4) is 0 Å². The van der Waals surface area contributed by atoms with Crippen LogP contribution in [0.3, 0.4) is 0 Å². The fraction of sp³-hybridized carbons (Fsp3) is 0.333. The van der Waals surface area contributed by atoms with Crippen LogP contribution >= 0.6 is 11.6 Å². The zero-order valence-corrected chi connectivity index (χ0v) is 20.2. The van der Waals surface area contributed by atoms with E-state index in [2.05, 4.69) is 21.0 Å². The molecular weight excluding hydrogens is 600 g/mol. The van der Waals surface area contributed by atoms with Gasteiger partial charge in [-0.1, -0.05) is 17.3 Å². The molecule has 0 bridgehead atoms. The fourth-order valence-corrected chi connectivity index (χ4v) is 3.36. The van der Waals surface area contributed by atoms with Crippen LogP contribution in [0, 0.1) is 6.07 Å². The molecule has 0 radical (unpaired) electrons. The molecule has 0 spiro atoms. The first-order chi connectivity index (χ1) is 15.0. The third-order valence-corrected chi connectivity index (χ3v) is 4.68. The summed E-state index contributed by atoms with van der Waals surface area (Å²) in [6, 6.07) is 15.4. The standard InChI is InChI=1S/C19H20ClN2O2.C2H5NO2.O.Os/c20-15-8-9-17-14(13-15)5-4-11-22(17)18(10-12-23)19(24)21-16-6-2-1-3-7-16;1-5-2(3)4;;/h2-3,6-9,13,18,23H,4-5,10-12H2,(H,21,24);1H3,(H2,3,4);;/q-1;;;/p-1/t18-;;;/m0.../s1. The number of hydrogen-bond acceptors (Lipinski definition) is 6. The number of aryl methyl sites for hydroxylation is 1. The number of benzene rings is 2. The van der Waals surface area contributed by atoms with Gasteiger partial charge in [0.05, 0.1) is 7.11 Å². The average Bonchev–Trinajstić information content (AvgIpc) is 2.79. The number of hydrogen-bond donors (Lipinski definition) is 2. The van der Waals surface area contributed by atoms with Crippen LogP contribution in [0.5, 0.6) is 0 Å². The van der Waals surface area contributed by atoms with Gasteiger partial charge in [-0.2, -0.15) is 18.2 Å².